The number of aryl methyl sites for hydroxylation is 3. The fourth-order valence-corrected chi connectivity index (χ4v) is 3.80. The third kappa shape index (κ3) is 5.29. The van der Waals surface area contributed by atoms with Crippen molar-refractivity contribution in [2.45, 2.75) is 40.0 Å². The fraction of sp³-hybridized carbons (Fsp3) is 0.455. The molecule has 2 amide bonds. The van der Waals surface area contributed by atoms with Gasteiger partial charge in [-0.2, -0.15) is 5.10 Å². The standard InChI is InChI=1S/C22H29N7O2/c1-15-13-16(2)29(27-15)20-14-19(24-21(26-20)18-8-7-17(3)31-18)25-22(30)23-9-6-12-28-10-4-5-11-28/h7-8,13-14H,4-6,9-12H2,1-3H3,(H2,23,24,25,26,30). The zero-order chi connectivity index (χ0) is 21.8. The van der Waals surface area contributed by atoms with Gasteiger partial charge in [-0.05, 0) is 77.9 Å². The average molecular weight is 424 g/mol. The molecule has 2 N–H and O–H groups in total. The van der Waals surface area contributed by atoms with Gasteiger partial charge in [0.1, 0.15) is 11.6 Å². The fourth-order valence-electron chi connectivity index (χ4n) is 3.80. The molecule has 1 aliphatic heterocycles. The number of urea groups is 1. The summed E-state index contributed by atoms with van der Waals surface area (Å²) in [6, 6.07) is 7.06. The lowest BCUT2D eigenvalue weighted by Crippen LogP contribution is -2.32. The zero-order valence-corrected chi connectivity index (χ0v) is 18.3. The highest BCUT2D eigenvalue weighted by Gasteiger charge is 2.15. The molecule has 0 saturated carbocycles. The van der Waals surface area contributed by atoms with Gasteiger partial charge in [0, 0.05) is 18.3 Å². The van der Waals surface area contributed by atoms with Gasteiger partial charge in [-0.3, -0.25) is 5.32 Å². The summed E-state index contributed by atoms with van der Waals surface area (Å²) in [7, 11) is 0. The molecule has 9 heteroatoms. The van der Waals surface area contributed by atoms with Crippen molar-refractivity contribution in [3.8, 4) is 17.4 Å². The smallest absolute Gasteiger partial charge is 0.320 e. The van der Waals surface area contributed by atoms with Gasteiger partial charge in [0.25, 0.3) is 0 Å². The molecule has 0 unspecified atom stereocenters. The van der Waals surface area contributed by atoms with Crippen LogP contribution in [-0.2, 0) is 0 Å². The van der Waals surface area contributed by atoms with E-state index in [1.54, 1.807) is 10.7 Å². The maximum absolute atomic E-state index is 12.4. The minimum absolute atomic E-state index is 0.291. The molecule has 3 aromatic heterocycles. The molecule has 3 aromatic rings. The Bertz CT molecular complexity index is 1050. The van der Waals surface area contributed by atoms with Crippen molar-refractivity contribution in [3.63, 3.8) is 0 Å². The first-order valence-corrected chi connectivity index (χ1v) is 10.7. The number of amides is 2. The Morgan fingerprint density at radius 2 is 1.94 bits per heavy atom. The third-order valence-electron chi connectivity index (χ3n) is 5.28. The number of carbonyl (C=O) groups excluding carboxylic acids is 1. The van der Waals surface area contributed by atoms with Gasteiger partial charge in [0.2, 0.25) is 0 Å². The lowest BCUT2D eigenvalue weighted by atomic mass is 10.3. The van der Waals surface area contributed by atoms with E-state index in [-0.39, 0.29) is 6.03 Å². The van der Waals surface area contributed by atoms with Crippen LogP contribution in [0, 0.1) is 20.8 Å². The van der Waals surface area contributed by atoms with Gasteiger partial charge >= 0.3 is 6.03 Å². The van der Waals surface area contributed by atoms with Gasteiger partial charge < -0.3 is 14.6 Å². The largest absolute Gasteiger partial charge is 0.458 e. The van der Waals surface area contributed by atoms with Crippen molar-refractivity contribution in [1.82, 2.24) is 30.0 Å². The number of furan rings is 1. The van der Waals surface area contributed by atoms with Crippen LogP contribution in [-0.4, -0.2) is 56.9 Å². The number of hydrogen-bond acceptors (Lipinski definition) is 6. The lowest BCUT2D eigenvalue weighted by molar-refractivity contribution is 0.251. The van der Waals surface area contributed by atoms with E-state index in [2.05, 4.69) is 30.6 Å². The number of nitrogens with one attached hydrogen (secondary N) is 2. The predicted molar refractivity (Wildman–Crippen MR) is 118 cm³/mol. The minimum atomic E-state index is -0.291. The second kappa shape index (κ2) is 9.30. The van der Waals surface area contributed by atoms with E-state index in [4.69, 9.17) is 4.42 Å². The van der Waals surface area contributed by atoms with Crippen LogP contribution in [0.25, 0.3) is 17.4 Å². The number of rotatable bonds is 7. The Morgan fingerprint density at radius 3 is 2.61 bits per heavy atom. The minimum Gasteiger partial charge on any atom is -0.458 e. The summed E-state index contributed by atoms with van der Waals surface area (Å²) in [4.78, 5) is 24.0. The van der Waals surface area contributed by atoms with Crippen LogP contribution in [0.1, 0.15) is 36.4 Å². The van der Waals surface area contributed by atoms with Crippen molar-refractivity contribution in [2.24, 2.45) is 0 Å². The highest BCUT2D eigenvalue weighted by molar-refractivity contribution is 5.88. The molecule has 0 bridgehead atoms. The van der Waals surface area contributed by atoms with E-state index in [9.17, 15) is 4.79 Å². The SMILES string of the molecule is Cc1cc(C)n(-c2cc(NC(=O)NCCCN3CCCC3)nc(-c3ccc(C)o3)n2)n1. The summed E-state index contributed by atoms with van der Waals surface area (Å²) in [5.41, 5.74) is 1.83. The quantitative estimate of drug-likeness (QED) is 0.565. The second-order valence-electron chi connectivity index (χ2n) is 7.97. The summed E-state index contributed by atoms with van der Waals surface area (Å²) in [5.74, 6) is 2.64. The monoisotopic (exact) mass is 423 g/mol. The van der Waals surface area contributed by atoms with Crippen LogP contribution in [0.2, 0.25) is 0 Å². The normalized spacial score (nSPS) is 14.2. The van der Waals surface area contributed by atoms with Crippen LogP contribution < -0.4 is 10.6 Å². The van der Waals surface area contributed by atoms with E-state index in [1.165, 1.54) is 12.8 Å². The Labute approximate surface area is 181 Å². The van der Waals surface area contributed by atoms with Crippen molar-refractivity contribution in [1.29, 1.82) is 0 Å². The van der Waals surface area contributed by atoms with E-state index in [1.807, 2.05) is 39.0 Å². The summed E-state index contributed by atoms with van der Waals surface area (Å²) in [5, 5.41) is 10.2. The molecular formula is C22H29N7O2. The van der Waals surface area contributed by atoms with Crippen LogP contribution in [0.5, 0.6) is 0 Å². The molecule has 0 atom stereocenters. The first-order valence-electron chi connectivity index (χ1n) is 10.7. The van der Waals surface area contributed by atoms with Gasteiger partial charge in [-0.25, -0.2) is 19.4 Å². The number of likely N-dealkylation sites (tertiary alicyclic amines) is 1. The number of nitrogens with zero attached hydrogens (tertiary/aromatic N) is 5. The van der Waals surface area contributed by atoms with Gasteiger partial charge in [0.15, 0.2) is 17.4 Å². The molecule has 4 heterocycles. The molecule has 1 saturated heterocycles. The van der Waals surface area contributed by atoms with Gasteiger partial charge in [-0.15, -0.1) is 0 Å². The molecule has 0 spiro atoms. The van der Waals surface area contributed by atoms with Crippen molar-refractivity contribution >= 4 is 11.8 Å². The molecule has 1 aliphatic rings. The van der Waals surface area contributed by atoms with Gasteiger partial charge in [-0.1, -0.05) is 0 Å². The van der Waals surface area contributed by atoms with Crippen molar-refractivity contribution in [2.75, 3.05) is 31.5 Å². The molecule has 0 aromatic carbocycles. The maximum Gasteiger partial charge on any atom is 0.320 e. The Hall–Kier alpha value is -3.20. The molecule has 1 fully saturated rings. The maximum atomic E-state index is 12.4. The number of carbonyl (C=O) groups is 1. The van der Waals surface area contributed by atoms with E-state index in [0.717, 1.165) is 43.2 Å². The molecular weight excluding hydrogens is 394 g/mol. The van der Waals surface area contributed by atoms with Crippen LogP contribution >= 0.6 is 0 Å². The molecule has 9 nitrogen and oxygen atoms in total. The molecule has 164 valence electrons. The number of hydrogen-bond donors (Lipinski definition) is 2. The summed E-state index contributed by atoms with van der Waals surface area (Å²) < 4.78 is 7.43. The topological polar surface area (TPSA) is 101 Å². The number of anilines is 1. The average Bonchev–Trinajstić information content (AvgIpc) is 3.47. The summed E-state index contributed by atoms with van der Waals surface area (Å²) in [6.45, 7) is 9.70. The van der Waals surface area contributed by atoms with E-state index >= 15 is 0 Å². The molecule has 0 radical (unpaired) electrons. The van der Waals surface area contributed by atoms with Crippen molar-refractivity contribution < 1.29 is 9.21 Å². The lowest BCUT2D eigenvalue weighted by Gasteiger charge is -2.14. The van der Waals surface area contributed by atoms with Crippen molar-refractivity contribution in [3.05, 3.63) is 41.4 Å². The van der Waals surface area contributed by atoms with Gasteiger partial charge in [0.05, 0.1) is 5.69 Å². The highest BCUT2D eigenvalue weighted by Crippen LogP contribution is 2.22. The zero-order valence-electron chi connectivity index (χ0n) is 18.3. The first-order chi connectivity index (χ1) is 15.0. The highest BCUT2D eigenvalue weighted by atomic mass is 16.3. The molecule has 0 aliphatic carbocycles. The Balaban J connectivity index is 1.48. The van der Waals surface area contributed by atoms with E-state index in [0.29, 0.717) is 29.8 Å². The summed E-state index contributed by atoms with van der Waals surface area (Å²) >= 11 is 0. The van der Waals surface area contributed by atoms with Crippen LogP contribution in [0.3, 0.4) is 0 Å². The summed E-state index contributed by atoms with van der Waals surface area (Å²) in [6.07, 6.45) is 3.47. The third-order valence-corrected chi connectivity index (χ3v) is 5.28. The second-order valence-corrected chi connectivity index (χ2v) is 7.97. The first kappa shape index (κ1) is 21.0. The molecule has 31 heavy (non-hydrogen) atoms. The van der Waals surface area contributed by atoms with Crippen LogP contribution in [0.15, 0.2) is 28.7 Å². The molecule has 4 rings (SSSR count). The van der Waals surface area contributed by atoms with Crippen LogP contribution in [0.4, 0.5) is 10.6 Å². The van der Waals surface area contributed by atoms with E-state index < -0.39 is 0 Å². The number of aromatic nitrogens is 4. The Kier molecular flexibility index (Phi) is 6.31. The predicted octanol–water partition coefficient (Wildman–Crippen LogP) is 3.45. The Morgan fingerprint density at radius 1 is 1.13 bits per heavy atom.